The van der Waals surface area contributed by atoms with E-state index in [4.69, 9.17) is 11.6 Å². The monoisotopic (exact) mass is 307 g/mol. The first-order chi connectivity index (χ1) is 10.0. The number of aromatic nitrogens is 2. The van der Waals surface area contributed by atoms with Gasteiger partial charge in [-0.15, -0.1) is 0 Å². The number of aromatic amines is 1. The summed E-state index contributed by atoms with van der Waals surface area (Å²) in [7, 11) is 0. The van der Waals surface area contributed by atoms with Crippen LogP contribution in [0.25, 0.3) is 10.9 Å². The van der Waals surface area contributed by atoms with Crippen LogP contribution in [0.15, 0.2) is 23.0 Å². The Morgan fingerprint density at radius 2 is 2.05 bits per heavy atom. The Balaban J connectivity index is 2.18. The van der Waals surface area contributed by atoms with Crippen molar-refractivity contribution in [3.8, 4) is 0 Å². The van der Waals surface area contributed by atoms with Crippen molar-refractivity contribution in [2.45, 2.75) is 46.2 Å². The number of halogens is 1. The molecule has 0 saturated carbocycles. The zero-order valence-electron chi connectivity index (χ0n) is 12.7. The minimum absolute atomic E-state index is 0.122. The van der Waals surface area contributed by atoms with Crippen molar-refractivity contribution < 1.29 is 0 Å². The van der Waals surface area contributed by atoms with Crippen LogP contribution in [0.3, 0.4) is 0 Å². The largest absolute Gasteiger partial charge is 0.309 e. The molecule has 5 heteroatoms. The lowest BCUT2D eigenvalue weighted by atomic mass is 9.95. The van der Waals surface area contributed by atoms with E-state index < -0.39 is 0 Å². The van der Waals surface area contributed by atoms with Gasteiger partial charge in [0, 0.05) is 11.1 Å². The molecule has 0 amide bonds. The highest BCUT2D eigenvalue weighted by Gasteiger charge is 2.13. The predicted octanol–water partition coefficient (Wildman–Crippen LogP) is 3.49. The number of benzene rings is 1. The van der Waals surface area contributed by atoms with Crippen molar-refractivity contribution in [3.05, 3.63) is 39.4 Å². The van der Waals surface area contributed by atoms with Crippen LogP contribution < -0.4 is 10.9 Å². The highest BCUT2D eigenvalue weighted by molar-refractivity contribution is 6.31. The number of rotatable bonds is 6. The first-order valence-corrected chi connectivity index (χ1v) is 7.84. The Morgan fingerprint density at radius 3 is 2.71 bits per heavy atom. The summed E-state index contributed by atoms with van der Waals surface area (Å²) in [4.78, 5) is 19.3. The molecule has 0 aliphatic heterocycles. The molecule has 0 bridgehead atoms. The second kappa shape index (κ2) is 7.05. The lowest BCUT2D eigenvalue weighted by Gasteiger charge is -2.22. The number of fused-ring (bicyclic) bond motifs is 1. The highest BCUT2D eigenvalue weighted by atomic mass is 35.5. The van der Waals surface area contributed by atoms with E-state index >= 15 is 0 Å². The zero-order chi connectivity index (χ0) is 15.4. The van der Waals surface area contributed by atoms with E-state index in [1.807, 2.05) is 0 Å². The van der Waals surface area contributed by atoms with Crippen molar-refractivity contribution >= 4 is 22.5 Å². The van der Waals surface area contributed by atoms with Gasteiger partial charge in [-0.25, -0.2) is 4.98 Å². The summed E-state index contributed by atoms with van der Waals surface area (Å²) in [6, 6.07) is 5.52. The Morgan fingerprint density at radius 1 is 1.33 bits per heavy atom. The molecule has 0 saturated heterocycles. The normalized spacial score (nSPS) is 13.0. The van der Waals surface area contributed by atoms with E-state index in [0.717, 1.165) is 12.8 Å². The van der Waals surface area contributed by atoms with Crippen molar-refractivity contribution in [1.29, 1.82) is 0 Å². The molecule has 0 fully saturated rings. The maximum absolute atomic E-state index is 12.0. The highest BCUT2D eigenvalue weighted by Crippen LogP contribution is 2.15. The third-order valence-corrected chi connectivity index (χ3v) is 4.30. The summed E-state index contributed by atoms with van der Waals surface area (Å²) < 4.78 is 0. The lowest BCUT2D eigenvalue weighted by Crippen LogP contribution is -2.33. The van der Waals surface area contributed by atoms with Crippen LogP contribution in [0.1, 0.15) is 39.4 Å². The van der Waals surface area contributed by atoms with Crippen LogP contribution in [0.4, 0.5) is 0 Å². The Kier molecular flexibility index (Phi) is 5.37. The maximum Gasteiger partial charge on any atom is 0.258 e. The fourth-order valence-electron chi connectivity index (χ4n) is 2.66. The zero-order valence-corrected chi connectivity index (χ0v) is 13.5. The van der Waals surface area contributed by atoms with Crippen molar-refractivity contribution in [2.24, 2.45) is 5.92 Å². The van der Waals surface area contributed by atoms with E-state index in [1.165, 1.54) is 0 Å². The molecular formula is C16H22ClN3O. The molecule has 1 atom stereocenters. The summed E-state index contributed by atoms with van der Waals surface area (Å²) in [6.45, 7) is 7.12. The number of nitrogens with one attached hydrogen (secondary N) is 2. The average molecular weight is 308 g/mol. The second-order valence-corrected chi connectivity index (χ2v) is 5.86. The van der Waals surface area contributed by atoms with Crippen LogP contribution in [-0.4, -0.2) is 16.0 Å². The van der Waals surface area contributed by atoms with E-state index in [1.54, 1.807) is 18.2 Å². The predicted molar refractivity (Wildman–Crippen MR) is 87.7 cm³/mol. The van der Waals surface area contributed by atoms with Gasteiger partial charge < -0.3 is 10.3 Å². The molecule has 4 nitrogen and oxygen atoms in total. The molecule has 1 heterocycles. The summed E-state index contributed by atoms with van der Waals surface area (Å²) in [5.74, 6) is 1.28. The van der Waals surface area contributed by atoms with E-state index in [0.29, 0.717) is 40.3 Å². The molecule has 0 radical (unpaired) electrons. The quantitative estimate of drug-likeness (QED) is 0.859. The molecule has 1 aromatic heterocycles. The number of hydrogen-bond acceptors (Lipinski definition) is 3. The van der Waals surface area contributed by atoms with Crippen molar-refractivity contribution in [1.82, 2.24) is 15.3 Å². The first kappa shape index (κ1) is 16.0. The van der Waals surface area contributed by atoms with Crippen LogP contribution >= 0.6 is 11.6 Å². The first-order valence-electron chi connectivity index (χ1n) is 7.47. The van der Waals surface area contributed by atoms with Gasteiger partial charge in [0.2, 0.25) is 0 Å². The van der Waals surface area contributed by atoms with E-state index in [-0.39, 0.29) is 5.56 Å². The number of H-pyrrole nitrogens is 1. The molecule has 2 aromatic rings. The third kappa shape index (κ3) is 3.83. The van der Waals surface area contributed by atoms with Gasteiger partial charge in [-0.3, -0.25) is 4.79 Å². The van der Waals surface area contributed by atoms with Gasteiger partial charge in [0.25, 0.3) is 5.56 Å². The standard InChI is InChI=1S/C16H22ClN3O/c1-4-11(5-2)10(3)18-9-15-19-14-8-12(17)6-7-13(14)16(21)20-15/h6-8,10-11,18H,4-5,9H2,1-3H3,(H,19,20,21). The lowest BCUT2D eigenvalue weighted by molar-refractivity contribution is 0.350. The van der Waals surface area contributed by atoms with Crippen LogP contribution in [-0.2, 0) is 6.54 Å². The molecule has 114 valence electrons. The van der Waals surface area contributed by atoms with Gasteiger partial charge in [0.05, 0.1) is 17.4 Å². The van der Waals surface area contributed by atoms with Crippen LogP contribution in [0.2, 0.25) is 5.02 Å². The molecule has 0 aliphatic rings. The molecule has 1 aromatic carbocycles. The number of hydrogen-bond donors (Lipinski definition) is 2. The molecule has 1 unspecified atom stereocenters. The Bertz CT molecular complexity index is 664. The molecule has 0 aliphatic carbocycles. The van der Waals surface area contributed by atoms with Gasteiger partial charge in [-0.2, -0.15) is 0 Å². The fourth-order valence-corrected chi connectivity index (χ4v) is 2.83. The minimum Gasteiger partial charge on any atom is -0.309 e. The van der Waals surface area contributed by atoms with Crippen molar-refractivity contribution in [3.63, 3.8) is 0 Å². The summed E-state index contributed by atoms with van der Waals surface area (Å²) in [5.41, 5.74) is 0.516. The average Bonchev–Trinajstić information content (AvgIpc) is 2.46. The van der Waals surface area contributed by atoms with Gasteiger partial charge in [0.15, 0.2) is 0 Å². The van der Waals surface area contributed by atoms with E-state index in [9.17, 15) is 4.79 Å². The van der Waals surface area contributed by atoms with Gasteiger partial charge >= 0.3 is 0 Å². The van der Waals surface area contributed by atoms with Gasteiger partial charge in [-0.05, 0) is 31.0 Å². The molecule has 2 N–H and O–H groups in total. The summed E-state index contributed by atoms with van der Waals surface area (Å²) in [5, 5.41) is 4.60. The number of nitrogens with zero attached hydrogens (tertiary/aromatic N) is 1. The second-order valence-electron chi connectivity index (χ2n) is 5.42. The van der Waals surface area contributed by atoms with Crippen LogP contribution in [0.5, 0.6) is 0 Å². The minimum atomic E-state index is -0.122. The molecular weight excluding hydrogens is 286 g/mol. The molecule has 21 heavy (non-hydrogen) atoms. The molecule has 2 rings (SSSR count). The van der Waals surface area contributed by atoms with Gasteiger partial charge in [0.1, 0.15) is 5.82 Å². The van der Waals surface area contributed by atoms with Gasteiger partial charge in [-0.1, -0.05) is 38.3 Å². The Labute approximate surface area is 129 Å². The van der Waals surface area contributed by atoms with Crippen LogP contribution in [0, 0.1) is 5.92 Å². The fraction of sp³-hybridized carbons (Fsp3) is 0.500. The summed E-state index contributed by atoms with van der Waals surface area (Å²) >= 11 is 5.96. The Hall–Kier alpha value is -1.39. The third-order valence-electron chi connectivity index (χ3n) is 4.06. The summed E-state index contributed by atoms with van der Waals surface area (Å²) in [6.07, 6.45) is 2.28. The smallest absolute Gasteiger partial charge is 0.258 e. The SMILES string of the molecule is CCC(CC)C(C)NCc1nc2cc(Cl)ccc2c(=O)[nH]1. The van der Waals surface area contributed by atoms with E-state index in [2.05, 4.69) is 36.1 Å². The topological polar surface area (TPSA) is 57.8 Å². The molecule has 0 spiro atoms. The van der Waals surface area contributed by atoms with Crippen molar-refractivity contribution in [2.75, 3.05) is 0 Å². The maximum atomic E-state index is 12.0.